The van der Waals surface area contributed by atoms with Gasteiger partial charge in [0.25, 0.3) is 0 Å². The Labute approximate surface area is 112 Å². The van der Waals surface area contributed by atoms with E-state index in [1.165, 1.54) is 6.20 Å². The lowest BCUT2D eigenvalue weighted by atomic mass is 10.2. The molecule has 18 heavy (non-hydrogen) atoms. The van der Waals surface area contributed by atoms with E-state index in [0.717, 1.165) is 4.47 Å². The Kier molecular flexibility index (Phi) is 3.38. The number of phenols is 1. The Bertz CT molecular complexity index is 607. The van der Waals surface area contributed by atoms with Crippen molar-refractivity contribution >= 4 is 21.9 Å². The van der Waals surface area contributed by atoms with Crippen LogP contribution in [0.3, 0.4) is 0 Å². The maximum atomic E-state index is 10.9. The van der Waals surface area contributed by atoms with Gasteiger partial charge in [0.15, 0.2) is 0 Å². The molecule has 0 unspecified atom stereocenters. The van der Waals surface area contributed by atoms with Crippen molar-refractivity contribution in [3.8, 4) is 5.75 Å². The molecule has 1 aromatic heterocycles. The van der Waals surface area contributed by atoms with Gasteiger partial charge in [0.2, 0.25) is 0 Å². The van der Waals surface area contributed by atoms with Gasteiger partial charge in [-0.2, -0.15) is 5.10 Å². The number of halogens is 1. The number of aromatic hydroxyl groups is 1. The number of hydrogen-bond acceptors (Lipinski definition) is 3. The maximum Gasteiger partial charge on any atom is 0.339 e. The van der Waals surface area contributed by atoms with Crippen LogP contribution >= 0.6 is 15.9 Å². The Balaban J connectivity index is 2.34. The summed E-state index contributed by atoms with van der Waals surface area (Å²) in [5.41, 5.74) is 1.40. The fraction of sp³-hybridized carbons (Fsp3) is 0.167. The van der Waals surface area contributed by atoms with E-state index in [4.69, 9.17) is 5.11 Å². The van der Waals surface area contributed by atoms with Crippen molar-refractivity contribution in [2.24, 2.45) is 0 Å². The van der Waals surface area contributed by atoms with Crippen LogP contribution < -0.4 is 0 Å². The van der Waals surface area contributed by atoms with Gasteiger partial charge in [0.05, 0.1) is 18.4 Å². The van der Waals surface area contributed by atoms with E-state index in [2.05, 4.69) is 21.0 Å². The highest BCUT2D eigenvalue weighted by Crippen LogP contribution is 2.23. The van der Waals surface area contributed by atoms with Crippen LogP contribution in [0.2, 0.25) is 0 Å². The highest BCUT2D eigenvalue weighted by atomic mass is 79.9. The van der Waals surface area contributed by atoms with Crippen molar-refractivity contribution in [3.05, 3.63) is 45.7 Å². The second kappa shape index (κ2) is 4.81. The first-order valence-corrected chi connectivity index (χ1v) is 6.01. The second-order valence-electron chi connectivity index (χ2n) is 3.88. The number of carbonyl (C=O) groups is 1. The zero-order valence-corrected chi connectivity index (χ0v) is 11.2. The van der Waals surface area contributed by atoms with E-state index < -0.39 is 5.97 Å². The van der Waals surface area contributed by atoms with E-state index in [1.54, 1.807) is 29.8 Å². The molecule has 0 spiro atoms. The molecule has 5 nitrogen and oxygen atoms in total. The molecule has 0 fully saturated rings. The summed E-state index contributed by atoms with van der Waals surface area (Å²) in [5, 5.41) is 22.7. The summed E-state index contributed by atoms with van der Waals surface area (Å²) in [7, 11) is 0. The number of benzene rings is 1. The number of aromatic nitrogens is 2. The first-order chi connectivity index (χ1) is 8.49. The summed E-state index contributed by atoms with van der Waals surface area (Å²) in [5.74, 6) is -0.845. The number of phenolic OH excluding ortho intramolecular Hbond substituents is 1. The number of hydrogen-bond donors (Lipinski definition) is 2. The third-order valence-electron chi connectivity index (χ3n) is 2.70. The van der Waals surface area contributed by atoms with E-state index in [9.17, 15) is 9.90 Å². The molecule has 0 amide bonds. The molecule has 2 rings (SSSR count). The molecule has 6 heteroatoms. The monoisotopic (exact) mass is 310 g/mol. The lowest BCUT2D eigenvalue weighted by Gasteiger charge is -2.07. The number of rotatable bonds is 3. The van der Waals surface area contributed by atoms with E-state index in [0.29, 0.717) is 17.8 Å². The molecule has 0 aliphatic heterocycles. The third kappa shape index (κ3) is 2.38. The lowest BCUT2D eigenvalue weighted by Crippen LogP contribution is -2.06. The Hall–Kier alpha value is -1.82. The van der Waals surface area contributed by atoms with Crippen molar-refractivity contribution < 1.29 is 15.0 Å². The van der Waals surface area contributed by atoms with E-state index in [-0.39, 0.29) is 11.3 Å². The average molecular weight is 311 g/mol. The van der Waals surface area contributed by atoms with Gasteiger partial charge in [-0.1, -0.05) is 15.9 Å². The molecule has 2 N–H and O–H groups in total. The highest BCUT2D eigenvalue weighted by Gasteiger charge is 2.13. The van der Waals surface area contributed by atoms with Crippen LogP contribution in [-0.4, -0.2) is 26.0 Å². The number of carboxylic acid groups (broad SMARTS) is 1. The predicted molar refractivity (Wildman–Crippen MR) is 68.8 cm³/mol. The number of nitrogens with zero attached hydrogens (tertiary/aromatic N) is 2. The van der Waals surface area contributed by atoms with Gasteiger partial charge in [0.1, 0.15) is 11.3 Å². The average Bonchev–Trinajstić information content (AvgIpc) is 2.66. The molecule has 0 radical (unpaired) electrons. The normalized spacial score (nSPS) is 10.6. The molecule has 1 heterocycles. The van der Waals surface area contributed by atoms with Crippen LogP contribution in [0.5, 0.6) is 5.75 Å². The molecule has 0 saturated heterocycles. The van der Waals surface area contributed by atoms with Crippen LogP contribution in [0.1, 0.15) is 21.6 Å². The van der Waals surface area contributed by atoms with Crippen LogP contribution in [0.25, 0.3) is 0 Å². The summed E-state index contributed by atoms with van der Waals surface area (Å²) in [6.45, 7) is 2.01. The lowest BCUT2D eigenvalue weighted by molar-refractivity contribution is 0.0696. The van der Waals surface area contributed by atoms with Gasteiger partial charge in [0, 0.05) is 10.0 Å². The van der Waals surface area contributed by atoms with Crippen LogP contribution in [0.4, 0.5) is 0 Å². The van der Waals surface area contributed by atoms with Crippen LogP contribution in [0, 0.1) is 6.92 Å². The van der Waals surface area contributed by atoms with Gasteiger partial charge < -0.3 is 10.2 Å². The molecular formula is C12H11BrN2O3. The van der Waals surface area contributed by atoms with Crippen LogP contribution in [0.15, 0.2) is 28.9 Å². The molecule has 1 aromatic carbocycles. The highest BCUT2D eigenvalue weighted by molar-refractivity contribution is 9.10. The smallest absolute Gasteiger partial charge is 0.339 e. The van der Waals surface area contributed by atoms with Gasteiger partial charge in [-0.25, -0.2) is 4.79 Å². The zero-order chi connectivity index (χ0) is 13.3. The third-order valence-corrected chi connectivity index (χ3v) is 3.19. The first-order valence-electron chi connectivity index (χ1n) is 5.22. The minimum Gasteiger partial charge on any atom is -0.508 e. The molecule has 0 aliphatic rings. The molecule has 2 aromatic rings. The molecular weight excluding hydrogens is 300 g/mol. The Morgan fingerprint density at radius 3 is 2.83 bits per heavy atom. The molecule has 0 saturated carbocycles. The minimum absolute atomic E-state index is 0.157. The van der Waals surface area contributed by atoms with Gasteiger partial charge in [-0.3, -0.25) is 4.68 Å². The fourth-order valence-electron chi connectivity index (χ4n) is 1.66. The largest absolute Gasteiger partial charge is 0.508 e. The molecule has 0 aliphatic carbocycles. The number of carboxylic acids is 1. The van der Waals surface area contributed by atoms with Crippen LogP contribution in [-0.2, 0) is 6.54 Å². The van der Waals surface area contributed by atoms with E-state index in [1.807, 2.05) is 0 Å². The summed E-state index contributed by atoms with van der Waals surface area (Å²) >= 11 is 3.32. The van der Waals surface area contributed by atoms with Crippen molar-refractivity contribution in [2.45, 2.75) is 13.5 Å². The topological polar surface area (TPSA) is 75.3 Å². The summed E-state index contributed by atoms with van der Waals surface area (Å²) < 4.78 is 2.39. The predicted octanol–water partition coefficient (Wildman–Crippen LogP) is 2.41. The van der Waals surface area contributed by atoms with Crippen molar-refractivity contribution in [1.29, 1.82) is 0 Å². The minimum atomic E-state index is -1.00. The Morgan fingerprint density at radius 2 is 2.22 bits per heavy atom. The number of aromatic carboxylic acids is 1. The standard InChI is InChI=1S/C12H11BrN2O3/c1-7-10(12(17)18)5-14-15(7)6-8-4-9(13)2-3-11(8)16/h2-5,16H,6H2,1H3,(H,17,18). The first kappa shape index (κ1) is 12.6. The fourth-order valence-corrected chi connectivity index (χ4v) is 2.07. The van der Waals surface area contributed by atoms with Gasteiger partial charge >= 0.3 is 5.97 Å². The quantitative estimate of drug-likeness (QED) is 0.913. The molecule has 0 bridgehead atoms. The molecule has 0 atom stereocenters. The second-order valence-corrected chi connectivity index (χ2v) is 4.80. The van der Waals surface area contributed by atoms with Crippen molar-refractivity contribution in [1.82, 2.24) is 9.78 Å². The van der Waals surface area contributed by atoms with Gasteiger partial charge in [-0.05, 0) is 25.1 Å². The van der Waals surface area contributed by atoms with Crippen molar-refractivity contribution in [2.75, 3.05) is 0 Å². The SMILES string of the molecule is Cc1c(C(=O)O)cnn1Cc1cc(Br)ccc1O. The Morgan fingerprint density at radius 1 is 1.50 bits per heavy atom. The zero-order valence-electron chi connectivity index (χ0n) is 9.59. The van der Waals surface area contributed by atoms with E-state index >= 15 is 0 Å². The summed E-state index contributed by atoms with van der Waals surface area (Å²) in [6, 6.07) is 5.09. The maximum absolute atomic E-state index is 10.9. The van der Waals surface area contributed by atoms with Crippen molar-refractivity contribution in [3.63, 3.8) is 0 Å². The summed E-state index contributed by atoms with van der Waals surface area (Å²) in [4.78, 5) is 10.9. The molecule has 94 valence electrons. The summed E-state index contributed by atoms with van der Waals surface area (Å²) in [6.07, 6.45) is 1.31. The van der Waals surface area contributed by atoms with Gasteiger partial charge in [-0.15, -0.1) is 0 Å².